The van der Waals surface area contributed by atoms with Gasteiger partial charge in [-0.3, -0.25) is 0 Å². The second-order valence-corrected chi connectivity index (χ2v) is 46.6. The molecular weight excluding hydrogens is 1550 g/mol. The molecule has 4 N–H and O–H groups in total. The van der Waals surface area contributed by atoms with Crippen LogP contribution in [0.4, 0.5) is 0 Å². The molecule has 0 aromatic heterocycles. The fourth-order valence-corrected chi connectivity index (χ4v) is 32.9. The number of hydrogen-bond donors (Lipinski definition) is 4. The molecule has 18 aliphatic rings. The van der Waals surface area contributed by atoms with Crippen LogP contribution in [0.25, 0.3) is 44.5 Å². The van der Waals surface area contributed by atoms with E-state index in [1.807, 2.05) is 0 Å². The maximum absolute atomic E-state index is 11.8. The molecule has 4 nitrogen and oxygen atoms in total. The first kappa shape index (κ1) is 87.6. The van der Waals surface area contributed by atoms with E-state index in [2.05, 4.69) is 170 Å². The van der Waals surface area contributed by atoms with Crippen LogP contribution in [0.2, 0.25) is 0 Å². The maximum atomic E-state index is 11.8. The minimum atomic E-state index is 0.494. The van der Waals surface area contributed by atoms with Gasteiger partial charge in [0.2, 0.25) is 0 Å². The Labute approximate surface area is 773 Å². The number of phenols is 4. The molecule has 8 aromatic carbocycles. The molecule has 18 unspecified atom stereocenters. The van der Waals surface area contributed by atoms with E-state index < -0.39 is 0 Å². The summed E-state index contributed by atoms with van der Waals surface area (Å²) in [6.45, 7) is 0. The highest BCUT2D eigenvalue weighted by molar-refractivity contribution is 5.77. The summed E-state index contributed by atoms with van der Waals surface area (Å²) >= 11 is 0. The molecule has 12 bridgehead atoms. The predicted molar refractivity (Wildman–Crippen MR) is 532 cm³/mol. The molecule has 18 saturated carbocycles. The Bertz CT molecular complexity index is 4920. The number of benzene rings is 8. The molecule has 128 heavy (non-hydrogen) atoms. The monoisotopic (exact) mass is 1710 g/mol. The number of rotatable bonds is 12. The normalized spacial score (nSPS) is 33.8. The Morgan fingerprint density at radius 2 is 0.453 bits per heavy atom. The van der Waals surface area contributed by atoms with E-state index in [4.69, 9.17) is 0 Å². The van der Waals surface area contributed by atoms with Gasteiger partial charge in [0, 0.05) is 22.3 Å². The minimum absolute atomic E-state index is 0.494. The standard InChI is InChI=1S/C36H54O.C34H42O.C28H34O.C26H30O/c37-36-34(31-24-18-13-9-5-2-6-10-14-19-25-31)28-33(29-35(36)32-26-20-15-21-27-32)30-22-16-11-7-3-1-4-8-12-17-23-30;35-34-32(20-4-2-1-3-5-20)18-27(21-10-12-28-22-6-8-24(14-22)30(28)16-21)19-33(34)26-11-13-29-23-7-9-25(15-23)31(29)17-26;29-28-26(20-4-2-1-3-5-20)16-23(24-14-18-6-10-21(24)11-7-18)17-27(28)25-15-19-8-12-22(25)13-9-19;27-26-24(18-4-2-1-3-5-18)14-21(22-12-16-6-8-19(22)10-16)15-25(26)23-13-17-7-9-20(23)11-17/h15,20-21,26-31,37H,1-14,16-19,22-25H2;1-5,18-19,21-26,28-31,35H,6-17H2;1-5,16-19,21-22,24-25,29H,6-15H2;1-5,14-17,19-20,22-23,27H,6-13H2. The van der Waals surface area contributed by atoms with Gasteiger partial charge in [-0.05, 0) is 413 Å². The first-order valence-electron chi connectivity index (χ1n) is 54.8. The van der Waals surface area contributed by atoms with Gasteiger partial charge in [-0.2, -0.15) is 0 Å². The highest BCUT2D eigenvalue weighted by Crippen LogP contribution is 2.65. The van der Waals surface area contributed by atoms with E-state index in [0.717, 1.165) is 123 Å². The SMILES string of the molecule is Oc1c(-c2ccccc2)cc(C2CC3CCC2C3)cc1C1CC2CCC1C2.Oc1c(-c2ccccc2)cc(C2CC3CCC2CC3)cc1C1CC2CCC1CC2.Oc1c(-c2ccccc2)cc(C2CCC3C4CCC(C4)C3C2)cc1C1CCC2C3CCC(C3)C2C1.Oc1c(-c2ccccc2)cc(C2CCCCCCCCCCC2)cc1C1CCCCCCCCCCC1. The van der Waals surface area contributed by atoms with Gasteiger partial charge in [0.1, 0.15) is 23.0 Å². The zero-order chi connectivity index (χ0) is 86.0. The molecule has 0 aliphatic heterocycles. The lowest BCUT2D eigenvalue weighted by atomic mass is 9.60. The van der Waals surface area contributed by atoms with E-state index in [1.54, 1.807) is 5.56 Å². The molecular formula is C124H160O4. The largest absolute Gasteiger partial charge is 0.507 e. The van der Waals surface area contributed by atoms with Crippen molar-refractivity contribution in [1.29, 1.82) is 0 Å². The highest BCUT2D eigenvalue weighted by atomic mass is 16.3. The van der Waals surface area contributed by atoms with Crippen molar-refractivity contribution >= 4 is 0 Å². The summed E-state index contributed by atoms with van der Waals surface area (Å²) in [6.07, 6.45) is 72.4. The van der Waals surface area contributed by atoms with Gasteiger partial charge in [0.05, 0.1) is 0 Å². The van der Waals surface area contributed by atoms with Gasteiger partial charge in [-0.15, -0.1) is 0 Å². The third-order valence-electron chi connectivity index (χ3n) is 39.6. The molecule has 680 valence electrons. The van der Waals surface area contributed by atoms with Crippen molar-refractivity contribution in [2.45, 2.75) is 381 Å². The van der Waals surface area contributed by atoms with Crippen molar-refractivity contribution in [3.8, 4) is 67.5 Å². The minimum Gasteiger partial charge on any atom is -0.507 e. The molecule has 18 fully saturated rings. The van der Waals surface area contributed by atoms with Crippen molar-refractivity contribution < 1.29 is 20.4 Å². The van der Waals surface area contributed by atoms with Crippen molar-refractivity contribution in [1.82, 2.24) is 0 Å². The Kier molecular flexibility index (Phi) is 27.7. The fraction of sp³-hybridized carbons (Fsp3) is 0.613. The van der Waals surface area contributed by atoms with Gasteiger partial charge in [-0.1, -0.05) is 300 Å². The molecule has 0 radical (unpaired) electrons. The smallest absolute Gasteiger partial charge is 0.126 e. The number of hydrogen-bond acceptors (Lipinski definition) is 4. The summed E-state index contributed by atoms with van der Waals surface area (Å²) in [5.41, 5.74) is 20.3. The second kappa shape index (κ2) is 40.4. The van der Waals surface area contributed by atoms with E-state index in [0.29, 0.717) is 64.4 Å². The number of phenolic OH excluding ortho intramolecular Hbond substituents is 4. The van der Waals surface area contributed by atoms with Crippen molar-refractivity contribution in [3.05, 3.63) is 214 Å². The maximum Gasteiger partial charge on any atom is 0.126 e. The van der Waals surface area contributed by atoms with Gasteiger partial charge < -0.3 is 20.4 Å². The van der Waals surface area contributed by atoms with Gasteiger partial charge in [0.25, 0.3) is 0 Å². The van der Waals surface area contributed by atoms with Gasteiger partial charge >= 0.3 is 0 Å². The molecule has 18 aliphatic carbocycles. The lowest BCUT2D eigenvalue weighted by Crippen LogP contribution is -2.31. The lowest BCUT2D eigenvalue weighted by Gasteiger charge is -2.44. The van der Waals surface area contributed by atoms with Crippen LogP contribution in [0.1, 0.15) is 426 Å². The van der Waals surface area contributed by atoms with Crippen LogP contribution < -0.4 is 0 Å². The highest BCUT2D eigenvalue weighted by Gasteiger charge is 2.53. The summed E-state index contributed by atoms with van der Waals surface area (Å²) in [5.74, 6) is 22.4. The van der Waals surface area contributed by atoms with Gasteiger partial charge in [-0.25, -0.2) is 0 Å². The van der Waals surface area contributed by atoms with Crippen LogP contribution in [0, 0.1) is 94.7 Å². The van der Waals surface area contributed by atoms with Gasteiger partial charge in [0.15, 0.2) is 0 Å². The summed E-state index contributed by atoms with van der Waals surface area (Å²) in [7, 11) is 0. The molecule has 0 amide bonds. The van der Waals surface area contributed by atoms with E-state index >= 15 is 0 Å². The first-order chi connectivity index (χ1) is 63.1. The van der Waals surface area contributed by atoms with Crippen LogP contribution in [-0.4, -0.2) is 20.4 Å². The Hall–Kier alpha value is -7.04. The van der Waals surface area contributed by atoms with E-state index in [1.165, 1.54) is 395 Å². The summed E-state index contributed by atoms with van der Waals surface area (Å²) < 4.78 is 0. The molecule has 4 heteroatoms. The van der Waals surface area contributed by atoms with Crippen molar-refractivity contribution in [2.24, 2.45) is 94.7 Å². The molecule has 0 heterocycles. The Balaban J connectivity index is 0.000000104. The molecule has 8 aromatic rings. The molecule has 26 rings (SSSR count). The summed E-state index contributed by atoms with van der Waals surface area (Å²) in [4.78, 5) is 0. The summed E-state index contributed by atoms with van der Waals surface area (Å²) in [5, 5.41) is 46.3. The van der Waals surface area contributed by atoms with Crippen molar-refractivity contribution in [3.63, 3.8) is 0 Å². The Morgan fingerprint density at radius 1 is 0.172 bits per heavy atom. The fourth-order valence-electron chi connectivity index (χ4n) is 32.9. The average Bonchev–Trinajstić information content (AvgIpc) is 1.58. The number of aromatic hydroxyl groups is 4. The van der Waals surface area contributed by atoms with Crippen molar-refractivity contribution in [2.75, 3.05) is 0 Å². The first-order valence-corrected chi connectivity index (χ1v) is 54.8. The predicted octanol–water partition coefficient (Wildman–Crippen LogP) is 35.3. The second-order valence-electron chi connectivity index (χ2n) is 46.6. The van der Waals surface area contributed by atoms with Crippen LogP contribution in [0.3, 0.4) is 0 Å². The Morgan fingerprint density at radius 3 is 0.836 bits per heavy atom. The van der Waals surface area contributed by atoms with Crippen LogP contribution >= 0.6 is 0 Å². The average molecular weight is 1710 g/mol. The third-order valence-corrected chi connectivity index (χ3v) is 39.6. The zero-order valence-corrected chi connectivity index (χ0v) is 78.6. The van der Waals surface area contributed by atoms with Crippen LogP contribution in [0.15, 0.2) is 170 Å². The lowest BCUT2D eigenvalue weighted by molar-refractivity contribution is 0.140. The van der Waals surface area contributed by atoms with E-state index in [9.17, 15) is 20.4 Å². The molecule has 18 atom stereocenters. The zero-order valence-electron chi connectivity index (χ0n) is 78.6. The third kappa shape index (κ3) is 19.0. The van der Waals surface area contributed by atoms with Crippen LogP contribution in [-0.2, 0) is 0 Å². The quantitative estimate of drug-likeness (QED) is 0.0983. The summed E-state index contributed by atoms with van der Waals surface area (Å²) in [6, 6.07) is 62.0. The molecule has 0 spiro atoms. The number of fused-ring (bicyclic) bond motifs is 20. The van der Waals surface area contributed by atoms with Crippen LogP contribution in [0.5, 0.6) is 23.0 Å². The topological polar surface area (TPSA) is 80.9 Å². The van der Waals surface area contributed by atoms with E-state index in [-0.39, 0.29) is 0 Å². The molecule has 0 saturated heterocycles.